The third kappa shape index (κ3) is 4.65. The number of amides is 1. The zero-order valence-electron chi connectivity index (χ0n) is 10.3. The monoisotopic (exact) mass is 212 g/mol. The summed E-state index contributed by atoms with van der Waals surface area (Å²) in [6.45, 7) is 4.68. The summed E-state index contributed by atoms with van der Waals surface area (Å²) in [5, 5.41) is 0. The molecule has 2 N–H and O–H groups in total. The molecule has 15 heavy (non-hydrogen) atoms. The van der Waals surface area contributed by atoms with Crippen molar-refractivity contribution in [3.8, 4) is 0 Å². The van der Waals surface area contributed by atoms with E-state index in [1.54, 1.807) is 0 Å². The Hall–Kier alpha value is -0.570. The average molecular weight is 212 g/mol. The zero-order valence-corrected chi connectivity index (χ0v) is 10.3. The fourth-order valence-corrected chi connectivity index (χ4v) is 1.81. The van der Waals surface area contributed by atoms with E-state index in [-0.39, 0.29) is 11.4 Å². The van der Waals surface area contributed by atoms with Crippen molar-refractivity contribution in [1.29, 1.82) is 0 Å². The van der Waals surface area contributed by atoms with Gasteiger partial charge in [-0.15, -0.1) is 0 Å². The molecule has 0 aliphatic heterocycles. The minimum Gasteiger partial charge on any atom is -0.346 e. The molecule has 1 aliphatic carbocycles. The van der Waals surface area contributed by atoms with Crippen LogP contribution in [0, 0.1) is 5.92 Å². The predicted molar refractivity (Wildman–Crippen MR) is 62.5 cm³/mol. The number of nitrogens with two attached hydrogens (primary N) is 1. The van der Waals surface area contributed by atoms with Crippen molar-refractivity contribution in [2.45, 2.75) is 51.5 Å². The highest BCUT2D eigenvalue weighted by atomic mass is 16.2. The standard InChI is InChI=1S/C12H24N2O/c1-12(2,13)9-11(15)14(3)8-7-10-5-4-6-10/h10H,4-9,13H2,1-3H3. The van der Waals surface area contributed by atoms with Crippen LogP contribution in [0.1, 0.15) is 46.0 Å². The first-order valence-corrected chi connectivity index (χ1v) is 5.91. The van der Waals surface area contributed by atoms with Gasteiger partial charge in [0.15, 0.2) is 0 Å². The van der Waals surface area contributed by atoms with Crippen LogP contribution in [0.15, 0.2) is 0 Å². The summed E-state index contributed by atoms with van der Waals surface area (Å²) in [5.41, 5.74) is 5.43. The Balaban J connectivity index is 2.20. The van der Waals surface area contributed by atoms with Crippen LogP contribution in [0.3, 0.4) is 0 Å². The van der Waals surface area contributed by atoms with E-state index < -0.39 is 0 Å². The van der Waals surface area contributed by atoms with Gasteiger partial charge in [0.05, 0.1) is 0 Å². The third-order valence-electron chi connectivity index (χ3n) is 3.13. The molecule has 1 rings (SSSR count). The molecule has 1 saturated carbocycles. The van der Waals surface area contributed by atoms with Crippen LogP contribution >= 0.6 is 0 Å². The first-order chi connectivity index (χ1) is 6.88. The molecule has 0 radical (unpaired) electrons. The lowest BCUT2D eigenvalue weighted by atomic mass is 9.83. The normalized spacial score (nSPS) is 17.3. The molecular weight excluding hydrogens is 188 g/mol. The highest BCUT2D eigenvalue weighted by Crippen LogP contribution is 2.29. The lowest BCUT2D eigenvalue weighted by Gasteiger charge is -2.29. The molecule has 3 nitrogen and oxygen atoms in total. The molecule has 0 bridgehead atoms. The smallest absolute Gasteiger partial charge is 0.224 e. The molecule has 0 unspecified atom stereocenters. The number of hydrogen-bond acceptors (Lipinski definition) is 2. The number of nitrogens with zero attached hydrogens (tertiary/aromatic N) is 1. The molecule has 0 aromatic carbocycles. The van der Waals surface area contributed by atoms with Crippen molar-refractivity contribution in [3.05, 3.63) is 0 Å². The minimum absolute atomic E-state index is 0.168. The van der Waals surface area contributed by atoms with Crippen LogP contribution in [0.25, 0.3) is 0 Å². The molecule has 0 heterocycles. The summed E-state index contributed by atoms with van der Waals surface area (Å²) in [7, 11) is 1.88. The molecule has 3 heteroatoms. The van der Waals surface area contributed by atoms with Crippen molar-refractivity contribution in [2.75, 3.05) is 13.6 Å². The molecule has 1 fully saturated rings. The van der Waals surface area contributed by atoms with E-state index in [1.165, 1.54) is 19.3 Å². The van der Waals surface area contributed by atoms with E-state index in [1.807, 2.05) is 25.8 Å². The second kappa shape index (κ2) is 4.97. The topological polar surface area (TPSA) is 46.3 Å². The third-order valence-corrected chi connectivity index (χ3v) is 3.13. The van der Waals surface area contributed by atoms with Crippen LogP contribution in [0.2, 0.25) is 0 Å². The molecule has 1 amide bonds. The summed E-state index contributed by atoms with van der Waals surface area (Å²) in [5.74, 6) is 1.04. The van der Waals surface area contributed by atoms with Crippen LogP contribution < -0.4 is 5.73 Å². The molecule has 0 spiro atoms. The maximum absolute atomic E-state index is 11.7. The van der Waals surface area contributed by atoms with Gasteiger partial charge < -0.3 is 10.6 Å². The summed E-state index contributed by atoms with van der Waals surface area (Å²) in [6.07, 6.45) is 5.67. The Labute approximate surface area is 93.0 Å². The molecule has 1 aliphatic rings. The summed E-state index contributed by atoms with van der Waals surface area (Å²) in [4.78, 5) is 13.5. The Morgan fingerprint density at radius 2 is 2.07 bits per heavy atom. The second-order valence-electron chi connectivity index (χ2n) is 5.57. The van der Waals surface area contributed by atoms with E-state index in [4.69, 9.17) is 5.73 Å². The van der Waals surface area contributed by atoms with E-state index >= 15 is 0 Å². The Morgan fingerprint density at radius 3 is 2.47 bits per heavy atom. The zero-order chi connectivity index (χ0) is 11.5. The predicted octanol–water partition coefficient (Wildman–Crippen LogP) is 1.76. The molecule has 0 atom stereocenters. The Kier molecular flexibility index (Phi) is 4.14. The first kappa shape index (κ1) is 12.5. The van der Waals surface area contributed by atoms with Crippen LogP contribution in [0.5, 0.6) is 0 Å². The maximum Gasteiger partial charge on any atom is 0.224 e. The highest BCUT2D eigenvalue weighted by molar-refractivity contribution is 5.76. The van der Waals surface area contributed by atoms with Crippen molar-refractivity contribution >= 4 is 5.91 Å². The van der Waals surface area contributed by atoms with Gasteiger partial charge in [-0.1, -0.05) is 19.3 Å². The highest BCUT2D eigenvalue weighted by Gasteiger charge is 2.21. The molecule has 0 aromatic rings. The average Bonchev–Trinajstić information content (AvgIpc) is 1.97. The van der Waals surface area contributed by atoms with Gasteiger partial charge in [-0.25, -0.2) is 0 Å². The molecule has 0 aromatic heterocycles. The number of rotatable bonds is 5. The number of hydrogen-bond donors (Lipinski definition) is 1. The molecule has 88 valence electrons. The van der Waals surface area contributed by atoms with E-state index in [0.29, 0.717) is 6.42 Å². The van der Waals surface area contributed by atoms with Gasteiger partial charge in [-0.3, -0.25) is 4.79 Å². The van der Waals surface area contributed by atoms with Gasteiger partial charge in [0.1, 0.15) is 0 Å². The van der Waals surface area contributed by atoms with Gasteiger partial charge in [0, 0.05) is 25.6 Å². The van der Waals surface area contributed by atoms with Crippen molar-refractivity contribution in [1.82, 2.24) is 4.90 Å². The van der Waals surface area contributed by atoms with Crippen LogP contribution in [-0.2, 0) is 4.79 Å². The van der Waals surface area contributed by atoms with Gasteiger partial charge >= 0.3 is 0 Å². The lowest BCUT2D eigenvalue weighted by Crippen LogP contribution is -2.40. The molecule has 0 saturated heterocycles. The maximum atomic E-state index is 11.7. The van der Waals surface area contributed by atoms with E-state index in [9.17, 15) is 4.79 Å². The van der Waals surface area contributed by atoms with Crippen molar-refractivity contribution in [3.63, 3.8) is 0 Å². The number of carbonyl (C=O) groups is 1. The Morgan fingerprint density at radius 1 is 1.47 bits per heavy atom. The summed E-state index contributed by atoms with van der Waals surface area (Å²) >= 11 is 0. The largest absolute Gasteiger partial charge is 0.346 e. The minimum atomic E-state index is -0.387. The van der Waals surface area contributed by atoms with E-state index in [2.05, 4.69) is 0 Å². The summed E-state index contributed by atoms with van der Waals surface area (Å²) in [6, 6.07) is 0. The van der Waals surface area contributed by atoms with Crippen LogP contribution in [-0.4, -0.2) is 29.9 Å². The van der Waals surface area contributed by atoms with Gasteiger partial charge in [-0.05, 0) is 26.2 Å². The number of carbonyl (C=O) groups excluding carboxylic acids is 1. The fraction of sp³-hybridized carbons (Fsp3) is 0.917. The Bertz CT molecular complexity index is 216. The second-order valence-corrected chi connectivity index (χ2v) is 5.57. The quantitative estimate of drug-likeness (QED) is 0.755. The SMILES string of the molecule is CN(CCC1CCC1)C(=O)CC(C)(C)N. The fourth-order valence-electron chi connectivity index (χ4n) is 1.81. The van der Waals surface area contributed by atoms with E-state index in [0.717, 1.165) is 18.9 Å². The lowest BCUT2D eigenvalue weighted by molar-refractivity contribution is -0.131. The van der Waals surface area contributed by atoms with Crippen molar-refractivity contribution < 1.29 is 4.79 Å². The van der Waals surface area contributed by atoms with Gasteiger partial charge in [0.25, 0.3) is 0 Å². The van der Waals surface area contributed by atoms with Gasteiger partial charge in [-0.2, -0.15) is 0 Å². The molecular formula is C12H24N2O. The summed E-state index contributed by atoms with van der Waals surface area (Å²) < 4.78 is 0. The van der Waals surface area contributed by atoms with Crippen LogP contribution in [0.4, 0.5) is 0 Å². The first-order valence-electron chi connectivity index (χ1n) is 5.91. The van der Waals surface area contributed by atoms with Gasteiger partial charge in [0.2, 0.25) is 5.91 Å². The van der Waals surface area contributed by atoms with Crippen molar-refractivity contribution in [2.24, 2.45) is 11.7 Å².